The Bertz CT molecular complexity index is 617. The molecule has 0 spiro atoms. The van der Waals surface area contributed by atoms with Gasteiger partial charge in [0.2, 0.25) is 0 Å². The van der Waals surface area contributed by atoms with Crippen molar-refractivity contribution in [1.82, 2.24) is 14.9 Å². The molecule has 1 saturated heterocycles. The molecular weight excluding hydrogens is 298 g/mol. The third-order valence-electron chi connectivity index (χ3n) is 4.23. The van der Waals surface area contributed by atoms with Crippen LogP contribution in [0.3, 0.4) is 0 Å². The number of carbonyl (C=O) groups excluding carboxylic acids is 1. The number of ether oxygens (including phenoxy) is 1. The summed E-state index contributed by atoms with van der Waals surface area (Å²) in [5, 5.41) is 9.68. The molecule has 1 aromatic heterocycles. The van der Waals surface area contributed by atoms with Gasteiger partial charge in [0, 0.05) is 19.9 Å². The smallest absolute Gasteiger partial charge is 0.332 e. The summed E-state index contributed by atoms with van der Waals surface area (Å²) in [6.45, 7) is 6.02. The first kappa shape index (κ1) is 17.3. The lowest BCUT2D eigenvalue weighted by molar-refractivity contribution is -0.151. The normalized spacial score (nSPS) is 21.0. The summed E-state index contributed by atoms with van der Waals surface area (Å²) in [5.41, 5.74) is -0.300. The van der Waals surface area contributed by atoms with E-state index in [9.17, 15) is 14.7 Å². The van der Waals surface area contributed by atoms with E-state index in [1.165, 1.54) is 18.2 Å². The SMILES string of the molecule is COCC1(C(=O)O)CCCN1C(=O)c1cnc(C)nc1C(C)C. The van der Waals surface area contributed by atoms with Crippen molar-refractivity contribution in [1.29, 1.82) is 0 Å². The van der Waals surface area contributed by atoms with Crippen molar-refractivity contribution in [2.24, 2.45) is 0 Å². The summed E-state index contributed by atoms with van der Waals surface area (Å²) in [5.74, 6) is -0.747. The van der Waals surface area contributed by atoms with Crippen LogP contribution in [0.5, 0.6) is 0 Å². The fraction of sp³-hybridized carbons (Fsp3) is 0.625. The summed E-state index contributed by atoms with van der Waals surface area (Å²) < 4.78 is 5.10. The van der Waals surface area contributed by atoms with Crippen molar-refractivity contribution in [3.63, 3.8) is 0 Å². The number of carbonyl (C=O) groups is 2. The molecule has 1 aromatic rings. The Labute approximate surface area is 135 Å². The Morgan fingerprint density at radius 1 is 1.48 bits per heavy atom. The first-order valence-corrected chi connectivity index (χ1v) is 7.71. The van der Waals surface area contributed by atoms with E-state index in [4.69, 9.17) is 4.74 Å². The fourth-order valence-electron chi connectivity index (χ4n) is 3.09. The molecule has 1 N–H and O–H groups in total. The van der Waals surface area contributed by atoms with Crippen molar-refractivity contribution in [2.45, 2.75) is 45.1 Å². The molecule has 1 fully saturated rings. The number of hydrogen-bond acceptors (Lipinski definition) is 5. The van der Waals surface area contributed by atoms with Crippen LogP contribution in [-0.2, 0) is 9.53 Å². The van der Waals surface area contributed by atoms with E-state index in [1.807, 2.05) is 13.8 Å². The second kappa shape index (κ2) is 6.62. The predicted octanol–water partition coefficient (Wildman–Crippen LogP) is 1.61. The first-order chi connectivity index (χ1) is 10.8. The van der Waals surface area contributed by atoms with E-state index >= 15 is 0 Å². The van der Waals surface area contributed by atoms with E-state index in [0.29, 0.717) is 36.5 Å². The molecule has 23 heavy (non-hydrogen) atoms. The Morgan fingerprint density at radius 3 is 2.74 bits per heavy atom. The summed E-state index contributed by atoms with van der Waals surface area (Å²) in [7, 11) is 1.44. The highest BCUT2D eigenvalue weighted by Crippen LogP contribution is 2.32. The lowest BCUT2D eigenvalue weighted by Crippen LogP contribution is -2.56. The minimum absolute atomic E-state index is 0.0300. The van der Waals surface area contributed by atoms with Gasteiger partial charge >= 0.3 is 5.97 Å². The summed E-state index contributed by atoms with van der Waals surface area (Å²) in [6.07, 6.45) is 2.51. The van der Waals surface area contributed by atoms with Gasteiger partial charge in [-0.25, -0.2) is 14.8 Å². The van der Waals surface area contributed by atoms with Crippen molar-refractivity contribution >= 4 is 11.9 Å². The highest BCUT2D eigenvalue weighted by atomic mass is 16.5. The molecule has 0 bridgehead atoms. The molecule has 126 valence electrons. The topological polar surface area (TPSA) is 92.6 Å². The fourth-order valence-corrected chi connectivity index (χ4v) is 3.09. The second-order valence-electron chi connectivity index (χ2n) is 6.20. The van der Waals surface area contributed by atoms with Crippen LogP contribution in [0.25, 0.3) is 0 Å². The average Bonchev–Trinajstić information content (AvgIpc) is 2.92. The number of aromatic nitrogens is 2. The largest absolute Gasteiger partial charge is 0.479 e. The zero-order chi connectivity index (χ0) is 17.2. The van der Waals surface area contributed by atoms with Gasteiger partial charge in [-0.3, -0.25) is 4.79 Å². The van der Waals surface area contributed by atoms with Gasteiger partial charge in [0.1, 0.15) is 5.82 Å². The number of aliphatic carboxylic acids is 1. The quantitative estimate of drug-likeness (QED) is 0.886. The molecule has 0 aromatic carbocycles. The maximum atomic E-state index is 13.0. The number of hydrogen-bond donors (Lipinski definition) is 1. The molecule has 2 heterocycles. The number of carboxylic acids is 1. The molecule has 0 radical (unpaired) electrons. The van der Waals surface area contributed by atoms with E-state index in [0.717, 1.165) is 0 Å². The van der Waals surface area contributed by atoms with Crippen LogP contribution in [0.15, 0.2) is 6.20 Å². The van der Waals surface area contributed by atoms with Crippen LogP contribution in [-0.4, -0.2) is 57.7 Å². The molecule has 1 atom stereocenters. The molecule has 7 nitrogen and oxygen atoms in total. The van der Waals surface area contributed by atoms with Crippen molar-refractivity contribution in [3.05, 3.63) is 23.3 Å². The lowest BCUT2D eigenvalue weighted by Gasteiger charge is -2.34. The molecule has 1 unspecified atom stereocenters. The number of likely N-dealkylation sites (tertiary alicyclic amines) is 1. The number of aryl methyl sites for hydroxylation is 1. The van der Waals surface area contributed by atoms with Crippen LogP contribution in [0.4, 0.5) is 0 Å². The van der Waals surface area contributed by atoms with Gasteiger partial charge in [-0.15, -0.1) is 0 Å². The molecule has 1 aliphatic rings. The first-order valence-electron chi connectivity index (χ1n) is 7.71. The van der Waals surface area contributed by atoms with Gasteiger partial charge in [-0.05, 0) is 25.7 Å². The lowest BCUT2D eigenvalue weighted by atomic mass is 9.96. The Hall–Kier alpha value is -2.02. The van der Waals surface area contributed by atoms with Crippen LogP contribution in [0, 0.1) is 6.92 Å². The Kier molecular flexibility index (Phi) is 4.99. The van der Waals surface area contributed by atoms with Crippen LogP contribution < -0.4 is 0 Å². The van der Waals surface area contributed by atoms with Crippen molar-refractivity contribution < 1.29 is 19.4 Å². The molecule has 0 aliphatic carbocycles. The zero-order valence-corrected chi connectivity index (χ0v) is 14.0. The van der Waals surface area contributed by atoms with Gasteiger partial charge in [0.25, 0.3) is 5.91 Å². The van der Waals surface area contributed by atoms with Crippen LogP contribution in [0.2, 0.25) is 0 Å². The minimum atomic E-state index is -1.31. The standard InChI is InChI=1S/C16H23N3O4/c1-10(2)13-12(8-17-11(3)18-13)14(20)19-7-5-6-16(19,9-23-4)15(21)22/h8,10H,5-7,9H2,1-4H3,(H,21,22). The second-order valence-corrected chi connectivity index (χ2v) is 6.20. The third-order valence-corrected chi connectivity index (χ3v) is 4.23. The number of carboxylic acid groups (broad SMARTS) is 1. The third kappa shape index (κ3) is 3.06. The molecule has 0 saturated carbocycles. The maximum absolute atomic E-state index is 13.0. The monoisotopic (exact) mass is 321 g/mol. The highest BCUT2D eigenvalue weighted by molar-refractivity contribution is 5.99. The van der Waals surface area contributed by atoms with Gasteiger partial charge in [0.05, 0.1) is 17.9 Å². The predicted molar refractivity (Wildman–Crippen MR) is 83.4 cm³/mol. The summed E-state index contributed by atoms with van der Waals surface area (Å²) >= 11 is 0. The van der Waals surface area contributed by atoms with Crippen molar-refractivity contribution in [2.75, 3.05) is 20.3 Å². The molecule has 7 heteroatoms. The van der Waals surface area contributed by atoms with Gasteiger partial charge in [-0.1, -0.05) is 13.8 Å². The van der Waals surface area contributed by atoms with Gasteiger partial charge < -0.3 is 14.7 Å². The van der Waals surface area contributed by atoms with E-state index in [2.05, 4.69) is 9.97 Å². The van der Waals surface area contributed by atoms with E-state index in [1.54, 1.807) is 6.92 Å². The Balaban J connectivity index is 2.45. The van der Waals surface area contributed by atoms with Crippen molar-refractivity contribution in [3.8, 4) is 0 Å². The number of methoxy groups -OCH3 is 1. The number of nitrogens with zero attached hydrogens (tertiary/aromatic N) is 3. The highest BCUT2D eigenvalue weighted by Gasteiger charge is 2.50. The molecular formula is C16H23N3O4. The van der Waals surface area contributed by atoms with E-state index < -0.39 is 11.5 Å². The van der Waals surface area contributed by atoms with Gasteiger partial charge in [0.15, 0.2) is 5.54 Å². The Morgan fingerprint density at radius 2 is 2.17 bits per heavy atom. The zero-order valence-electron chi connectivity index (χ0n) is 14.0. The average molecular weight is 321 g/mol. The molecule has 1 amide bonds. The molecule has 1 aliphatic heterocycles. The summed E-state index contributed by atoms with van der Waals surface area (Å²) in [4.78, 5) is 34.7. The maximum Gasteiger partial charge on any atom is 0.332 e. The molecule has 2 rings (SSSR count). The minimum Gasteiger partial charge on any atom is -0.479 e. The number of rotatable bonds is 5. The number of amides is 1. The van der Waals surface area contributed by atoms with Gasteiger partial charge in [-0.2, -0.15) is 0 Å². The van der Waals surface area contributed by atoms with Crippen LogP contribution >= 0.6 is 0 Å². The van der Waals surface area contributed by atoms with Crippen LogP contribution in [0.1, 0.15) is 54.5 Å². The summed E-state index contributed by atoms with van der Waals surface area (Å²) in [6, 6.07) is 0. The van der Waals surface area contributed by atoms with E-state index in [-0.39, 0.29) is 18.4 Å².